The van der Waals surface area contributed by atoms with E-state index in [1.165, 1.54) is 12.1 Å². The molecule has 0 aliphatic carbocycles. The molecule has 0 unspecified atom stereocenters. The minimum Gasteiger partial charge on any atom is -0.478 e. The van der Waals surface area contributed by atoms with Crippen molar-refractivity contribution in [3.63, 3.8) is 0 Å². The zero-order valence-corrected chi connectivity index (χ0v) is 12.7. The van der Waals surface area contributed by atoms with Crippen LogP contribution in [0.15, 0.2) is 22.7 Å². The summed E-state index contributed by atoms with van der Waals surface area (Å²) in [5.41, 5.74) is -0.0335. The summed E-state index contributed by atoms with van der Waals surface area (Å²) in [6, 6.07) is 4.33. The largest absolute Gasteiger partial charge is 0.478 e. The number of benzene rings is 1. The van der Waals surface area contributed by atoms with Gasteiger partial charge in [-0.3, -0.25) is 14.5 Å². The number of imide groups is 1. The standard InChI is InChI=1S/C14H14BrNO4/c1-14(2)6-11(17)16(12(18)7-14)10-4-8(13(19)20)3-9(15)5-10/h3-5H,6-7H2,1-2H3,(H,19,20). The third-order valence-electron chi connectivity index (χ3n) is 3.15. The Hall–Kier alpha value is -1.69. The number of piperidine rings is 1. The van der Waals surface area contributed by atoms with E-state index in [2.05, 4.69) is 15.9 Å². The van der Waals surface area contributed by atoms with Gasteiger partial charge in [0.1, 0.15) is 0 Å². The predicted molar refractivity (Wildman–Crippen MR) is 76.6 cm³/mol. The van der Waals surface area contributed by atoms with Gasteiger partial charge >= 0.3 is 5.97 Å². The molecule has 1 aliphatic heterocycles. The van der Waals surface area contributed by atoms with Gasteiger partial charge in [-0.05, 0) is 23.6 Å². The first-order chi connectivity index (χ1) is 9.19. The summed E-state index contributed by atoms with van der Waals surface area (Å²) < 4.78 is 0.512. The maximum Gasteiger partial charge on any atom is 0.335 e. The van der Waals surface area contributed by atoms with Crippen LogP contribution in [-0.2, 0) is 9.59 Å². The fourth-order valence-corrected chi connectivity index (χ4v) is 2.77. The number of hydrogen-bond donors (Lipinski definition) is 1. The first-order valence-electron chi connectivity index (χ1n) is 6.09. The summed E-state index contributed by atoms with van der Waals surface area (Å²) >= 11 is 3.20. The van der Waals surface area contributed by atoms with Crippen molar-refractivity contribution in [2.75, 3.05) is 4.90 Å². The molecular formula is C14H14BrNO4. The normalized spacial score (nSPS) is 18.2. The number of rotatable bonds is 2. The summed E-state index contributed by atoms with van der Waals surface area (Å²) in [6.07, 6.45) is 0.515. The summed E-state index contributed by atoms with van der Waals surface area (Å²) in [6.45, 7) is 3.73. The minimum atomic E-state index is -1.11. The summed E-state index contributed by atoms with van der Waals surface area (Å²) in [4.78, 5) is 36.4. The molecule has 2 rings (SSSR count). The number of aromatic carboxylic acids is 1. The van der Waals surface area contributed by atoms with Gasteiger partial charge in [0.25, 0.3) is 0 Å². The van der Waals surface area contributed by atoms with E-state index >= 15 is 0 Å². The summed E-state index contributed by atoms with van der Waals surface area (Å²) in [5.74, 6) is -1.72. The molecule has 2 amide bonds. The molecule has 1 aromatic carbocycles. The van der Waals surface area contributed by atoms with Crippen molar-refractivity contribution in [2.24, 2.45) is 5.41 Å². The molecule has 5 nitrogen and oxygen atoms in total. The van der Waals surface area contributed by atoms with Crippen LogP contribution in [-0.4, -0.2) is 22.9 Å². The topological polar surface area (TPSA) is 74.7 Å². The average Bonchev–Trinajstić information content (AvgIpc) is 2.24. The van der Waals surface area contributed by atoms with Crippen LogP contribution in [0.25, 0.3) is 0 Å². The molecule has 0 saturated carbocycles. The molecule has 1 saturated heterocycles. The molecule has 1 fully saturated rings. The fraction of sp³-hybridized carbons (Fsp3) is 0.357. The van der Waals surface area contributed by atoms with E-state index in [9.17, 15) is 14.4 Å². The van der Waals surface area contributed by atoms with Gasteiger partial charge in [-0.15, -0.1) is 0 Å². The summed E-state index contributed by atoms with van der Waals surface area (Å²) in [5, 5.41) is 9.04. The molecular weight excluding hydrogens is 326 g/mol. The quantitative estimate of drug-likeness (QED) is 0.840. The van der Waals surface area contributed by atoms with Crippen molar-refractivity contribution in [1.29, 1.82) is 0 Å². The second-order valence-corrected chi connectivity index (χ2v) is 6.56. The highest BCUT2D eigenvalue weighted by molar-refractivity contribution is 9.10. The van der Waals surface area contributed by atoms with Crippen LogP contribution in [0.1, 0.15) is 37.0 Å². The Bertz CT molecular complexity index is 589. The highest BCUT2D eigenvalue weighted by atomic mass is 79.9. The number of carboxylic acid groups (broad SMARTS) is 1. The van der Waals surface area contributed by atoms with Gasteiger partial charge < -0.3 is 5.11 Å². The van der Waals surface area contributed by atoms with Crippen molar-refractivity contribution < 1.29 is 19.5 Å². The predicted octanol–water partition coefficient (Wildman–Crippen LogP) is 2.83. The number of carbonyl (C=O) groups is 3. The van der Waals surface area contributed by atoms with E-state index in [0.717, 1.165) is 4.90 Å². The highest BCUT2D eigenvalue weighted by Gasteiger charge is 2.38. The highest BCUT2D eigenvalue weighted by Crippen LogP contribution is 2.35. The van der Waals surface area contributed by atoms with Gasteiger partial charge in [-0.25, -0.2) is 4.79 Å². The molecule has 106 valence electrons. The minimum absolute atomic E-state index is 0.0276. The van der Waals surface area contributed by atoms with Crippen LogP contribution in [0.3, 0.4) is 0 Å². The Morgan fingerprint density at radius 1 is 1.20 bits per heavy atom. The average molecular weight is 340 g/mol. The number of carboxylic acids is 1. The first-order valence-corrected chi connectivity index (χ1v) is 6.89. The lowest BCUT2D eigenvalue weighted by Crippen LogP contribution is -2.46. The van der Waals surface area contributed by atoms with E-state index < -0.39 is 5.97 Å². The lowest BCUT2D eigenvalue weighted by molar-refractivity contribution is -0.132. The maximum atomic E-state index is 12.2. The van der Waals surface area contributed by atoms with Gasteiger partial charge in [0.05, 0.1) is 11.3 Å². The van der Waals surface area contributed by atoms with Crippen molar-refractivity contribution in [3.05, 3.63) is 28.2 Å². The molecule has 0 spiro atoms. The Balaban J connectivity index is 2.43. The molecule has 1 heterocycles. The zero-order valence-electron chi connectivity index (χ0n) is 11.1. The number of halogens is 1. The van der Waals surface area contributed by atoms with Gasteiger partial charge in [0.2, 0.25) is 11.8 Å². The van der Waals surface area contributed by atoms with Crippen LogP contribution < -0.4 is 4.90 Å². The second-order valence-electron chi connectivity index (χ2n) is 5.64. The molecule has 0 atom stereocenters. The number of anilines is 1. The Kier molecular flexibility index (Phi) is 3.69. The van der Waals surface area contributed by atoms with E-state index in [-0.39, 0.29) is 35.6 Å². The molecule has 20 heavy (non-hydrogen) atoms. The van der Waals surface area contributed by atoms with Crippen molar-refractivity contribution >= 4 is 39.4 Å². The maximum absolute atomic E-state index is 12.2. The Morgan fingerprint density at radius 3 is 2.25 bits per heavy atom. The molecule has 1 N–H and O–H groups in total. The Labute approximate surface area is 124 Å². The van der Waals surface area contributed by atoms with Gasteiger partial charge in [0, 0.05) is 17.3 Å². The number of hydrogen-bond acceptors (Lipinski definition) is 3. The molecule has 0 aromatic heterocycles. The third kappa shape index (κ3) is 2.90. The van der Waals surface area contributed by atoms with E-state index in [1.807, 2.05) is 13.8 Å². The van der Waals surface area contributed by atoms with E-state index in [0.29, 0.717) is 10.2 Å². The number of carbonyl (C=O) groups excluding carboxylic acids is 2. The van der Waals surface area contributed by atoms with Crippen molar-refractivity contribution in [1.82, 2.24) is 0 Å². The van der Waals surface area contributed by atoms with Gasteiger partial charge in [-0.2, -0.15) is 0 Å². The fourth-order valence-electron chi connectivity index (χ4n) is 2.29. The van der Waals surface area contributed by atoms with Gasteiger partial charge in [0.15, 0.2) is 0 Å². The first kappa shape index (κ1) is 14.7. The molecule has 0 bridgehead atoms. The molecule has 0 radical (unpaired) electrons. The number of nitrogens with zero attached hydrogens (tertiary/aromatic N) is 1. The van der Waals surface area contributed by atoms with Crippen LogP contribution >= 0.6 is 15.9 Å². The molecule has 1 aromatic rings. The lowest BCUT2D eigenvalue weighted by Gasteiger charge is -2.34. The van der Waals surface area contributed by atoms with Crippen LogP contribution in [0, 0.1) is 5.41 Å². The third-order valence-corrected chi connectivity index (χ3v) is 3.60. The van der Waals surface area contributed by atoms with Crippen molar-refractivity contribution in [3.8, 4) is 0 Å². The van der Waals surface area contributed by atoms with E-state index in [4.69, 9.17) is 5.11 Å². The summed E-state index contributed by atoms with van der Waals surface area (Å²) in [7, 11) is 0. The van der Waals surface area contributed by atoms with Crippen LogP contribution in [0.4, 0.5) is 5.69 Å². The zero-order chi connectivity index (χ0) is 15.1. The van der Waals surface area contributed by atoms with Crippen LogP contribution in [0.5, 0.6) is 0 Å². The Morgan fingerprint density at radius 2 is 1.75 bits per heavy atom. The smallest absolute Gasteiger partial charge is 0.335 e. The monoisotopic (exact) mass is 339 g/mol. The number of amides is 2. The van der Waals surface area contributed by atoms with Crippen LogP contribution in [0.2, 0.25) is 0 Å². The SMILES string of the molecule is CC1(C)CC(=O)N(c2cc(Br)cc(C(=O)O)c2)C(=O)C1. The second kappa shape index (κ2) is 5.01. The van der Waals surface area contributed by atoms with E-state index in [1.54, 1.807) is 6.07 Å². The molecule has 1 aliphatic rings. The van der Waals surface area contributed by atoms with Gasteiger partial charge in [-0.1, -0.05) is 29.8 Å². The lowest BCUT2D eigenvalue weighted by atomic mass is 9.81. The van der Waals surface area contributed by atoms with Crippen molar-refractivity contribution in [2.45, 2.75) is 26.7 Å². The molecule has 6 heteroatoms.